The first kappa shape index (κ1) is 19.6. The summed E-state index contributed by atoms with van der Waals surface area (Å²) in [6.07, 6.45) is 7.16. The maximum Gasteiger partial charge on any atom is 0.225 e. The molecule has 0 aliphatic carbocycles. The Hall–Kier alpha value is -2.14. The molecule has 0 radical (unpaired) electrons. The van der Waals surface area contributed by atoms with E-state index in [2.05, 4.69) is 65.8 Å². The van der Waals surface area contributed by atoms with Gasteiger partial charge in [0.2, 0.25) is 5.95 Å². The van der Waals surface area contributed by atoms with Gasteiger partial charge in [-0.2, -0.15) is 0 Å². The van der Waals surface area contributed by atoms with Crippen molar-refractivity contribution in [3.8, 4) is 5.75 Å². The van der Waals surface area contributed by atoms with Gasteiger partial charge in [0.05, 0.1) is 0 Å². The summed E-state index contributed by atoms with van der Waals surface area (Å²) in [7, 11) is 2.20. The lowest BCUT2D eigenvalue weighted by molar-refractivity contribution is 0.170. The lowest BCUT2D eigenvalue weighted by Gasteiger charge is -2.36. The SMILES string of the molecule is CCc1cnc(N2CCC(N(C)CCOc3ccc(C)c(C)c3)CC2)nc1. The van der Waals surface area contributed by atoms with E-state index in [-0.39, 0.29) is 0 Å². The van der Waals surface area contributed by atoms with E-state index in [1.54, 1.807) is 0 Å². The number of piperidine rings is 1. The Morgan fingerprint density at radius 2 is 1.81 bits per heavy atom. The van der Waals surface area contributed by atoms with Crippen LogP contribution in [-0.2, 0) is 6.42 Å². The lowest BCUT2D eigenvalue weighted by Crippen LogP contribution is -2.45. The largest absolute Gasteiger partial charge is 0.492 e. The van der Waals surface area contributed by atoms with Crippen molar-refractivity contribution < 1.29 is 4.74 Å². The number of aromatic nitrogens is 2. The Kier molecular flexibility index (Phi) is 6.67. The van der Waals surface area contributed by atoms with Gasteiger partial charge in [-0.3, -0.25) is 4.90 Å². The summed E-state index contributed by atoms with van der Waals surface area (Å²) < 4.78 is 5.94. The van der Waals surface area contributed by atoms with Crippen LogP contribution in [0.2, 0.25) is 0 Å². The Balaban J connectivity index is 1.42. The van der Waals surface area contributed by atoms with E-state index in [1.807, 2.05) is 12.4 Å². The smallest absolute Gasteiger partial charge is 0.225 e. The molecule has 0 bridgehead atoms. The molecule has 5 nitrogen and oxygen atoms in total. The van der Waals surface area contributed by atoms with Crippen molar-refractivity contribution >= 4 is 5.95 Å². The van der Waals surface area contributed by atoms with Gasteiger partial charge < -0.3 is 9.64 Å². The van der Waals surface area contributed by atoms with E-state index in [4.69, 9.17) is 4.74 Å². The number of hydrogen-bond donors (Lipinski definition) is 0. The highest BCUT2D eigenvalue weighted by atomic mass is 16.5. The van der Waals surface area contributed by atoms with Gasteiger partial charge in [-0.1, -0.05) is 13.0 Å². The third-order valence-corrected chi connectivity index (χ3v) is 5.66. The van der Waals surface area contributed by atoms with Gasteiger partial charge in [0.25, 0.3) is 0 Å². The molecule has 27 heavy (non-hydrogen) atoms. The van der Waals surface area contributed by atoms with E-state index in [9.17, 15) is 0 Å². The minimum Gasteiger partial charge on any atom is -0.492 e. The number of likely N-dealkylation sites (N-methyl/N-ethyl adjacent to an activating group) is 1. The molecule has 0 spiro atoms. The van der Waals surface area contributed by atoms with Gasteiger partial charge in [-0.15, -0.1) is 0 Å². The zero-order valence-electron chi connectivity index (χ0n) is 17.1. The summed E-state index contributed by atoms with van der Waals surface area (Å²) in [6.45, 7) is 10.1. The van der Waals surface area contributed by atoms with Crippen molar-refractivity contribution in [3.05, 3.63) is 47.3 Å². The predicted molar refractivity (Wildman–Crippen MR) is 111 cm³/mol. The van der Waals surface area contributed by atoms with Crippen LogP contribution in [0.25, 0.3) is 0 Å². The van der Waals surface area contributed by atoms with E-state index >= 15 is 0 Å². The molecule has 1 aromatic carbocycles. The van der Waals surface area contributed by atoms with Crippen molar-refractivity contribution in [1.82, 2.24) is 14.9 Å². The molecule has 0 unspecified atom stereocenters. The number of ether oxygens (including phenoxy) is 1. The Morgan fingerprint density at radius 3 is 2.44 bits per heavy atom. The number of rotatable bonds is 7. The summed E-state index contributed by atoms with van der Waals surface area (Å²) in [5.74, 6) is 1.83. The van der Waals surface area contributed by atoms with Gasteiger partial charge in [-0.25, -0.2) is 9.97 Å². The fourth-order valence-corrected chi connectivity index (χ4v) is 3.49. The summed E-state index contributed by atoms with van der Waals surface area (Å²) in [5, 5.41) is 0. The van der Waals surface area contributed by atoms with E-state index in [0.717, 1.165) is 57.2 Å². The Labute approximate surface area is 163 Å². The number of benzene rings is 1. The highest BCUT2D eigenvalue weighted by Crippen LogP contribution is 2.20. The topological polar surface area (TPSA) is 41.5 Å². The third kappa shape index (κ3) is 5.19. The van der Waals surface area contributed by atoms with Crippen LogP contribution in [0.1, 0.15) is 36.5 Å². The van der Waals surface area contributed by atoms with Crippen LogP contribution in [0.15, 0.2) is 30.6 Å². The molecule has 2 heterocycles. The maximum atomic E-state index is 5.94. The van der Waals surface area contributed by atoms with Gasteiger partial charge >= 0.3 is 0 Å². The normalized spacial score (nSPS) is 15.4. The quantitative estimate of drug-likeness (QED) is 0.746. The molecule has 1 aliphatic heterocycles. The molecular weight excluding hydrogens is 336 g/mol. The third-order valence-electron chi connectivity index (χ3n) is 5.66. The van der Waals surface area contributed by atoms with Crippen LogP contribution in [0.5, 0.6) is 5.75 Å². The first-order valence-corrected chi connectivity index (χ1v) is 10.0. The van der Waals surface area contributed by atoms with Gasteiger partial charge in [0.15, 0.2) is 0 Å². The Bertz CT molecular complexity index is 724. The number of aryl methyl sites for hydroxylation is 3. The van der Waals surface area contributed by atoms with Gasteiger partial charge in [-0.05, 0) is 69.0 Å². The zero-order valence-corrected chi connectivity index (χ0v) is 17.1. The maximum absolute atomic E-state index is 5.94. The standard InChI is InChI=1S/C22H32N4O/c1-5-19-15-23-22(24-16-19)26-10-8-20(9-11-26)25(4)12-13-27-21-7-6-17(2)18(3)14-21/h6-7,14-16,20H,5,8-13H2,1-4H3. The minimum absolute atomic E-state index is 0.597. The van der Waals surface area contributed by atoms with Crippen LogP contribution in [0.3, 0.4) is 0 Å². The fraction of sp³-hybridized carbons (Fsp3) is 0.545. The molecule has 0 saturated carbocycles. The summed E-state index contributed by atoms with van der Waals surface area (Å²) in [4.78, 5) is 13.8. The second-order valence-corrected chi connectivity index (χ2v) is 7.54. The second-order valence-electron chi connectivity index (χ2n) is 7.54. The van der Waals surface area contributed by atoms with Crippen molar-refractivity contribution in [2.75, 3.05) is 38.2 Å². The highest BCUT2D eigenvalue weighted by Gasteiger charge is 2.23. The fourth-order valence-electron chi connectivity index (χ4n) is 3.49. The predicted octanol–water partition coefficient (Wildman–Crippen LogP) is 3.64. The van der Waals surface area contributed by atoms with Crippen LogP contribution in [-0.4, -0.2) is 54.2 Å². The summed E-state index contributed by atoms with van der Waals surface area (Å²) in [5.41, 5.74) is 3.78. The molecule has 3 rings (SSSR count). The molecule has 2 aromatic rings. The molecule has 1 aliphatic rings. The first-order chi connectivity index (χ1) is 13.1. The average molecular weight is 369 g/mol. The molecule has 0 atom stereocenters. The molecule has 1 fully saturated rings. The second kappa shape index (κ2) is 9.18. The number of anilines is 1. The lowest BCUT2D eigenvalue weighted by atomic mass is 10.0. The molecule has 0 N–H and O–H groups in total. The van der Waals surface area contributed by atoms with Crippen molar-refractivity contribution in [2.24, 2.45) is 0 Å². The molecule has 1 aromatic heterocycles. The average Bonchev–Trinajstić information content (AvgIpc) is 2.71. The summed E-state index contributed by atoms with van der Waals surface area (Å²) >= 11 is 0. The molecule has 1 saturated heterocycles. The first-order valence-electron chi connectivity index (χ1n) is 10.0. The van der Waals surface area contributed by atoms with Crippen molar-refractivity contribution in [1.29, 1.82) is 0 Å². The van der Waals surface area contributed by atoms with Crippen LogP contribution < -0.4 is 9.64 Å². The van der Waals surface area contributed by atoms with Crippen molar-refractivity contribution in [3.63, 3.8) is 0 Å². The van der Waals surface area contributed by atoms with Crippen molar-refractivity contribution in [2.45, 2.75) is 46.1 Å². The molecule has 5 heteroatoms. The van der Waals surface area contributed by atoms with E-state index < -0.39 is 0 Å². The van der Waals surface area contributed by atoms with Crippen LogP contribution in [0, 0.1) is 13.8 Å². The van der Waals surface area contributed by atoms with Crippen LogP contribution >= 0.6 is 0 Å². The summed E-state index contributed by atoms with van der Waals surface area (Å²) in [6, 6.07) is 6.90. The minimum atomic E-state index is 0.597. The van der Waals surface area contributed by atoms with E-state index in [0.29, 0.717) is 6.04 Å². The molecule has 146 valence electrons. The highest BCUT2D eigenvalue weighted by molar-refractivity contribution is 5.34. The number of hydrogen-bond acceptors (Lipinski definition) is 5. The zero-order chi connectivity index (χ0) is 19.2. The van der Waals surface area contributed by atoms with E-state index in [1.165, 1.54) is 16.7 Å². The van der Waals surface area contributed by atoms with Gasteiger partial charge in [0.1, 0.15) is 12.4 Å². The van der Waals surface area contributed by atoms with Crippen LogP contribution in [0.4, 0.5) is 5.95 Å². The monoisotopic (exact) mass is 368 g/mol. The molecular formula is C22H32N4O. The molecule has 0 amide bonds. The Morgan fingerprint density at radius 1 is 1.11 bits per heavy atom. The van der Waals surface area contributed by atoms with Gasteiger partial charge in [0, 0.05) is 38.1 Å². The number of nitrogens with zero attached hydrogens (tertiary/aromatic N) is 4.